The van der Waals surface area contributed by atoms with E-state index < -0.39 is 0 Å². The number of aryl methyl sites for hydroxylation is 2. The van der Waals surface area contributed by atoms with E-state index in [-0.39, 0.29) is 0 Å². The van der Waals surface area contributed by atoms with Crippen molar-refractivity contribution in [2.45, 2.75) is 32.7 Å². The quantitative estimate of drug-likeness (QED) is 0.813. The Morgan fingerprint density at radius 3 is 2.72 bits per heavy atom. The number of hydrogen-bond acceptors (Lipinski definition) is 2. The van der Waals surface area contributed by atoms with Gasteiger partial charge in [-0.15, -0.1) is 0 Å². The minimum Gasteiger partial charge on any atom is -0.310 e. The van der Waals surface area contributed by atoms with E-state index in [9.17, 15) is 0 Å². The van der Waals surface area contributed by atoms with Crippen molar-refractivity contribution in [3.8, 4) is 0 Å². The van der Waals surface area contributed by atoms with Crippen LogP contribution in [-0.4, -0.2) is 6.54 Å². The van der Waals surface area contributed by atoms with E-state index in [1.54, 1.807) is 11.3 Å². The first-order chi connectivity index (χ1) is 8.81. The van der Waals surface area contributed by atoms with Crippen LogP contribution in [0.2, 0.25) is 0 Å². The number of benzene rings is 1. The SMILES string of the molecule is CCNC(CCc1ccsc1)c1ccccc1C. The molecule has 2 aromatic rings. The van der Waals surface area contributed by atoms with E-state index in [0.717, 1.165) is 19.4 Å². The third-order valence-corrected chi connectivity index (χ3v) is 4.05. The summed E-state index contributed by atoms with van der Waals surface area (Å²) in [5, 5.41) is 8.01. The number of nitrogens with one attached hydrogen (secondary N) is 1. The van der Waals surface area contributed by atoms with Crippen LogP contribution in [0.1, 0.15) is 36.1 Å². The van der Waals surface area contributed by atoms with Crippen molar-refractivity contribution in [1.82, 2.24) is 5.32 Å². The van der Waals surface area contributed by atoms with Gasteiger partial charge in [-0.05, 0) is 59.8 Å². The highest BCUT2D eigenvalue weighted by atomic mass is 32.1. The normalized spacial score (nSPS) is 12.6. The second kappa shape index (κ2) is 6.72. The van der Waals surface area contributed by atoms with Crippen molar-refractivity contribution in [2.75, 3.05) is 6.54 Å². The van der Waals surface area contributed by atoms with Crippen molar-refractivity contribution in [1.29, 1.82) is 0 Å². The molecule has 96 valence electrons. The van der Waals surface area contributed by atoms with Gasteiger partial charge in [0.1, 0.15) is 0 Å². The lowest BCUT2D eigenvalue weighted by Gasteiger charge is -2.20. The van der Waals surface area contributed by atoms with E-state index >= 15 is 0 Å². The van der Waals surface area contributed by atoms with Crippen LogP contribution < -0.4 is 5.32 Å². The van der Waals surface area contributed by atoms with Gasteiger partial charge in [-0.2, -0.15) is 11.3 Å². The highest BCUT2D eigenvalue weighted by Crippen LogP contribution is 2.22. The zero-order valence-electron chi connectivity index (χ0n) is 11.1. The molecule has 0 aliphatic carbocycles. The first kappa shape index (κ1) is 13.3. The molecular weight excluding hydrogens is 238 g/mol. The molecule has 2 heteroatoms. The molecule has 0 aliphatic rings. The molecule has 1 heterocycles. The Labute approximate surface area is 114 Å². The maximum Gasteiger partial charge on any atom is 0.0325 e. The number of rotatable bonds is 6. The molecule has 0 saturated heterocycles. The van der Waals surface area contributed by atoms with Gasteiger partial charge < -0.3 is 5.32 Å². The van der Waals surface area contributed by atoms with Crippen LogP contribution in [0.15, 0.2) is 41.1 Å². The van der Waals surface area contributed by atoms with E-state index in [4.69, 9.17) is 0 Å². The van der Waals surface area contributed by atoms with Crippen LogP contribution in [0.5, 0.6) is 0 Å². The predicted octanol–water partition coefficient (Wildman–Crippen LogP) is 4.34. The summed E-state index contributed by atoms with van der Waals surface area (Å²) >= 11 is 1.78. The smallest absolute Gasteiger partial charge is 0.0325 e. The molecule has 0 amide bonds. The zero-order chi connectivity index (χ0) is 12.8. The second-order valence-electron chi connectivity index (χ2n) is 4.64. The lowest BCUT2D eigenvalue weighted by atomic mass is 9.96. The van der Waals surface area contributed by atoms with Crippen molar-refractivity contribution in [2.24, 2.45) is 0 Å². The van der Waals surface area contributed by atoms with Crippen LogP contribution in [-0.2, 0) is 6.42 Å². The van der Waals surface area contributed by atoms with Gasteiger partial charge in [0.2, 0.25) is 0 Å². The lowest BCUT2D eigenvalue weighted by molar-refractivity contribution is 0.513. The fourth-order valence-corrected chi connectivity index (χ4v) is 3.04. The Bertz CT molecular complexity index is 462. The summed E-state index contributed by atoms with van der Waals surface area (Å²) in [7, 11) is 0. The minimum atomic E-state index is 0.469. The molecule has 0 radical (unpaired) electrons. The molecule has 0 bridgehead atoms. The van der Waals surface area contributed by atoms with Gasteiger partial charge >= 0.3 is 0 Å². The highest BCUT2D eigenvalue weighted by molar-refractivity contribution is 7.07. The lowest BCUT2D eigenvalue weighted by Crippen LogP contribution is -2.22. The van der Waals surface area contributed by atoms with Gasteiger partial charge in [0.05, 0.1) is 0 Å². The molecular formula is C16H21NS. The number of thiophene rings is 1. The van der Waals surface area contributed by atoms with E-state index in [2.05, 4.69) is 60.3 Å². The first-order valence-electron chi connectivity index (χ1n) is 6.61. The molecule has 1 unspecified atom stereocenters. The summed E-state index contributed by atoms with van der Waals surface area (Å²) in [6, 6.07) is 11.4. The Hall–Kier alpha value is -1.12. The first-order valence-corrected chi connectivity index (χ1v) is 7.55. The maximum atomic E-state index is 3.61. The summed E-state index contributed by atoms with van der Waals surface area (Å²) in [4.78, 5) is 0. The van der Waals surface area contributed by atoms with E-state index in [1.807, 2.05) is 0 Å². The molecule has 1 N–H and O–H groups in total. The van der Waals surface area contributed by atoms with Crippen molar-refractivity contribution < 1.29 is 0 Å². The topological polar surface area (TPSA) is 12.0 Å². The monoisotopic (exact) mass is 259 g/mol. The van der Waals surface area contributed by atoms with Gasteiger partial charge in [0.25, 0.3) is 0 Å². The Morgan fingerprint density at radius 2 is 2.06 bits per heavy atom. The Morgan fingerprint density at radius 1 is 1.22 bits per heavy atom. The zero-order valence-corrected chi connectivity index (χ0v) is 12.0. The van der Waals surface area contributed by atoms with Crippen LogP contribution in [0.25, 0.3) is 0 Å². The number of hydrogen-bond donors (Lipinski definition) is 1. The standard InChI is InChI=1S/C16H21NS/c1-3-17-16(9-8-14-10-11-18-12-14)15-7-5-4-6-13(15)2/h4-7,10-12,16-17H,3,8-9H2,1-2H3. The Kier molecular flexibility index (Phi) is 4.97. The van der Waals surface area contributed by atoms with Crippen molar-refractivity contribution >= 4 is 11.3 Å². The van der Waals surface area contributed by atoms with Crippen LogP contribution in [0, 0.1) is 6.92 Å². The predicted molar refractivity (Wildman–Crippen MR) is 80.2 cm³/mol. The van der Waals surface area contributed by atoms with Gasteiger partial charge in [-0.3, -0.25) is 0 Å². The van der Waals surface area contributed by atoms with Crippen LogP contribution in [0.4, 0.5) is 0 Å². The third-order valence-electron chi connectivity index (χ3n) is 3.32. The van der Waals surface area contributed by atoms with Crippen LogP contribution in [0.3, 0.4) is 0 Å². The average molecular weight is 259 g/mol. The molecule has 1 nitrogen and oxygen atoms in total. The molecule has 2 rings (SSSR count). The third kappa shape index (κ3) is 3.44. The van der Waals surface area contributed by atoms with E-state index in [1.165, 1.54) is 16.7 Å². The maximum absolute atomic E-state index is 3.61. The van der Waals surface area contributed by atoms with Crippen LogP contribution >= 0.6 is 11.3 Å². The molecule has 0 fully saturated rings. The molecule has 1 aromatic heterocycles. The van der Waals surface area contributed by atoms with Crippen molar-refractivity contribution in [3.63, 3.8) is 0 Å². The second-order valence-corrected chi connectivity index (χ2v) is 5.42. The average Bonchev–Trinajstić information content (AvgIpc) is 2.88. The molecule has 0 saturated carbocycles. The van der Waals surface area contributed by atoms with Crippen molar-refractivity contribution in [3.05, 3.63) is 57.8 Å². The summed E-state index contributed by atoms with van der Waals surface area (Å²) in [6.45, 7) is 5.39. The summed E-state index contributed by atoms with van der Waals surface area (Å²) in [6.07, 6.45) is 2.31. The fourth-order valence-electron chi connectivity index (χ4n) is 2.34. The van der Waals surface area contributed by atoms with Gasteiger partial charge in [0, 0.05) is 6.04 Å². The Balaban J connectivity index is 2.06. The molecule has 1 atom stereocenters. The molecule has 0 aliphatic heterocycles. The molecule has 0 spiro atoms. The molecule has 1 aromatic carbocycles. The molecule has 18 heavy (non-hydrogen) atoms. The van der Waals surface area contributed by atoms with Gasteiger partial charge in [-0.1, -0.05) is 31.2 Å². The van der Waals surface area contributed by atoms with E-state index in [0.29, 0.717) is 6.04 Å². The minimum absolute atomic E-state index is 0.469. The summed E-state index contributed by atoms with van der Waals surface area (Å²) < 4.78 is 0. The van der Waals surface area contributed by atoms with Gasteiger partial charge in [0.15, 0.2) is 0 Å². The summed E-state index contributed by atoms with van der Waals surface area (Å²) in [5.74, 6) is 0. The van der Waals surface area contributed by atoms with Gasteiger partial charge in [-0.25, -0.2) is 0 Å². The summed E-state index contributed by atoms with van der Waals surface area (Å²) in [5.41, 5.74) is 4.28. The fraction of sp³-hybridized carbons (Fsp3) is 0.375. The highest BCUT2D eigenvalue weighted by Gasteiger charge is 2.12. The largest absolute Gasteiger partial charge is 0.310 e.